The highest BCUT2D eigenvalue weighted by atomic mass is 16.5. The second-order valence-corrected chi connectivity index (χ2v) is 8.72. The summed E-state index contributed by atoms with van der Waals surface area (Å²) in [6, 6.07) is 15.6. The maximum atomic E-state index is 13.3. The normalized spacial score (nSPS) is 14.7. The summed E-state index contributed by atoms with van der Waals surface area (Å²) < 4.78 is 5.90. The molecule has 0 heterocycles. The van der Waals surface area contributed by atoms with Gasteiger partial charge in [-0.1, -0.05) is 62.2 Å². The van der Waals surface area contributed by atoms with Crippen molar-refractivity contribution in [3.8, 4) is 5.75 Å². The van der Waals surface area contributed by atoms with Crippen LogP contribution in [-0.4, -0.2) is 41.9 Å². The third-order valence-corrected chi connectivity index (χ3v) is 6.48. The molecule has 0 aromatic heterocycles. The molecule has 1 saturated carbocycles. The number of rotatable bonds is 10. The van der Waals surface area contributed by atoms with Gasteiger partial charge in [-0.2, -0.15) is 0 Å². The van der Waals surface area contributed by atoms with Crippen LogP contribution in [0.25, 0.3) is 0 Å². The van der Waals surface area contributed by atoms with Crippen molar-refractivity contribution in [3.63, 3.8) is 0 Å². The first kappa shape index (κ1) is 23.8. The van der Waals surface area contributed by atoms with Crippen molar-refractivity contribution in [2.75, 3.05) is 13.2 Å². The van der Waals surface area contributed by atoms with Crippen LogP contribution in [0.15, 0.2) is 48.5 Å². The van der Waals surface area contributed by atoms with E-state index in [0.717, 1.165) is 42.4 Å². The van der Waals surface area contributed by atoms with E-state index in [1.165, 1.54) is 0 Å². The van der Waals surface area contributed by atoms with Crippen molar-refractivity contribution in [1.29, 1.82) is 0 Å². The zero-order valence-electron chi connectivity index (χ0n) is 19.6. The maximum Gasteiger partial charge on any atom is 0.261 e. The molecule has 32 heavy (non-hydrogen) atoms. The topological polar surface area (TPSA) is 58.6 Å². The molecule has 1 aliphatic carbocycles. The lowest BCUT2D eigenvalue weighted by Gasteiger charge is -2.31. The molecule has 1 N–H and O–H groups in total. The minimum Gasteiger partial charge on any atom is -0.483 e. The summed E-state index contributed by atoms with van der Waals surface area (Å²) in [5.74, 6) is 0.507. The van der Waals surface area contributed by atoms with Crippen molar-refractivity contribution in [2.24, 2.45) is 0 Å². The molecule has 2 aromatic rings. The van der Waals surface area contributed by atoms with Crippen LogP contribution in [0.1, 0.15) is 55.7 Å². The Hall–Kier alpha value is -2.82. The first-order chi connectivity index (χ1) is 15.5. The summed E-state index contributed by atoms with van der Waals surface area (Å²) in [6.45, 7) is 6.39. The monoisotopic (exact) mass is 436 g/mol. The van der Waals surface area contributed by atoms with Crippen molar-refractivity contribution < 1.29 is 14.3 Å². The van der Waals surface area contributed by atoms with Gasteiger partial charge < -0.3 is 15.0 Å². The Kier molecular flexibility index (Phi) is 8.72. The molecule has 0 unspecified atom stereocenters. The molecule has 5 heteroatoms. The van der Waals surface area contributed by atoms with E-state index in [-0.39, 0.29) is 24.5 Å². The van der Waals surface area contributed by atoms with Gasteiger partial charge in [-0.15, -0.1) is 0 Å². The van der Waals surface area contributed by atoms with Gasteiger partial charge in [0.05, 0.1) is 0 Å². The van der Waals surface area contributed by atoms with Crippen LogP contribution < -0.4 is 10.1 Å². The molecule has 1 fully saturated rings. The van der Waals surface area contributed by atoms with Gasteiger partial charge in [-0.3, -0.25) is 9.59 Å². The summed E-state index contributed by atoms with van der Waals surface area (Å²) in [5, 5.41) is 3.18. The van der Waals surface area contributed by atoms with Crippen LogP contribution in [0.4, 0.5) is 0 Å². The van der Waals surface area contributed by atoms with Crippen molar-refractivity contribution in [1.82, 2.24) is 10.2 Å². The van der Waals surface area contributed by atoms with Crippen LogP contribution in [0.3, 0.4) is 0 Å². The van der Waals surface area contributed by atoms with E-state index in [0.29, 0.717) is 25.1 Å². The number of ether oxygens (including phenoxy) is 1. The van der Waals surface area contributed by atoms with E-state index >= 15 is 0 Å². The highest BCUT2D eigenvalue weighted by Gasteiger charge is 2.30. The SMILES string of the molecule is CC[C@@H](C(=O)NC1CCCC1)N(CCc1ccccc1)C(=O)COc1cccc(C)c1C. The second kappa shape index (κ2) is 11.7. The molecule has 2 amide bonds. The first-order valence-electron chi connectivity index (χ1n) is 11.8. The Labute approximate surface area is 192 Å². The van der Waals surface area contributed by atoms with E-state index in [4.69, 9.17) is 4.74 Å². The number of carbonyl (C=O) groups excluding carboxylic acids is 2. The predicted octanol–water partition coefficient (Wildman–Crippen LogP) is 4.59. The summed E-state index contributed by atoms with van der Waals surface area (Å²) in [5.41, 5.74) is 3.30. The third-order valence-electron chi connectivity index (χ3n) is 6.48. The summed E-state index contributed by atoms with van der Waals surface area (Å²) in [7, 11) is 0. The number of nitrogens with one attached hydrogen (secondary N) is 1. The van der Waals surface area contributed by atoms with E-state index in [1.807, 2.05) is 57.2 Å². The first-order valence-corrected chi connectivity index (χ1v) is 11.8. The molecule has 0 bridgehead atoms. The highest BCUT2D eigenvalue weighted by molar-refractivity contribution is 5.88. The minimum absolute atomic E-state index is 0.0486. The fourth-order valence-corrected chi connectivity index (χ4v) is 4.37. The average Bonchev–Trinajstić information content (AvgIpc) is 3.31. The summed E-state index contributed by atoms with van der Waals surface area (Å²) >= 11 is 0. The van der Waals surface area contributed by atoms with Crippen molar-refractivity contribution in [3.05, 3.63) is 65.2 Å². The average molecular weight is 437 g/mol. The van der Waals surface area contributed by atoms with Crippen LogP contribution in [-0.2, 0) is 16.0 Å². The Morgan fingerprint density at radius 2 is 1.78 bits per heavy atom. The molecule has 0 saturated heterocycles. The fraction of sp³-hybridized carbons (Fsp3) is 0.481. The standard InChI is InChI=1S/C27H36N2O3/c1-4-24(27(31)28-23-14-8-9-15-23)29(18-17-22-12-6-5-7-13-22)26(30)19-32-25-16-10-11-20(2)21(25)3/h5-7,10-13,16,23-24H,4,8-9,14-15,17-19H2,1-3H3,(H,28,31)/t24-/m0/s1. The highest BCUT2D eigenvalue weighted by Crippen LogP contribution is 2.21. The second-order valence-electron chi connectivity index (χ2n) is 8.72. The zero-order chi connectivity index (χ0) is 22.9. The Bertz CT molecular complexity index is 891. The van der Waals surface area contributed by atoms with E-state index in [1.54, 1.807) is 4.90 Å². The lowest BCUT2D eigenvalue weighted by molar-refractivity contribution is -0.142. The molecule has 0 spiro atoms. The Morgan fingerprint density at radius 1 is 1.06 bits per heavy atom. The number of amides is 2. The number of aryl methyl sites for hydroxylation is 1. The molecule has 1 atom stereocenters. The van der Waals surface area contributed by atoms with Crippen molar-refractivity contribution >= 4 is 11.8 Å². The molecule has 2 aromatic carbocycles. The Morgan fingerprint density at radius 3 is 2.47 bits per heavy atom. The van der Waals surface area contributed by atoms with Gasteiger partial charge in [0.2, 0.25) is 5.91 Å². The minimum atomic E-state index is -0.492. The molecule has 0 aliphatic heterocycles. The van der Waals surface area contributed by atoms with Gasteiger partial charge in [0.25, 0.3) is 5.91 Å². The molecule has 172 valence electrons. The van der Waals surface area contributed by atoms with Crippen LogP contribution >= 0.6 is 0 Å². The number of nitrogens with zero attached hydrogens (tertiary/aromatic N) is 1. The zero-order valence-corrected chi connectivity index (χ0v) is 19.6. The molecule has 1 aliphatic rings. The molecular weight excluding hydrogens is 400 g/mol. The largest absolute Gasteiger partial charge is 0.483 e. The lowest BCUT2D eigenvalue weighted by atomic mass is 10.1. The van der Waals surface area contributed by atoms with E-state index in [9.17, 15) is 9.59 Å². The van der Waals surface area contributed by atoms with Gasteiger partial charge >= 0.3 is 0 Å². The van der Waals surface area contributed by atoms with Crippen LogP contribution in [0, 0.1) is 13.8 Å². The van der Waals surface area contributed by atoms with Crippen LogP contribution in [0.5, 0.6) is 5.75 Å². The maximum absolute atomic E-state index is 13.3. The van der Waals surface area contributed by atoms with E-state index < -0.39 is 6.04 Å². The van der Waals surface area contributed by atoms with Gasteiger partial charge in [0.15, 0.2) is 6.61 Å². The van der Waals surface area contributed by atoms with Gasteiger partial charge in [0, 0.05) is 12.6 Å². The van der Waals surface area contributed by atoms with Crippen molar-refractivity contribution in [2.45, 2.75) is 71.4 Å². The van der Waals surface area contributed by atoms with Gasteiger partial charge in [-0.25, -0.2) is 0 Å². The molecule has 0 radical (unpaired) electrons. The Balaban J connectivity index is 1.72. The number of hydrogen-bond acceptors (Lipinski definition) is 3. The number of carbonyl (C=O) groups is 2. The van der Waals surface area contributed by atoms with Crippen LogP contribution in [0.2, 0.25) is 0 Å². The van der Waals surface area contributed by atoms with Gasteiger partial charge in [-0.05, 0) is 62.3 Å². The van der Waals surface area contributed by atoms with Gasteiger partial charge in [0.1, 0.15) is 11.8 Å². The fourth-order valence-electron chi connectivity index (χ4n) is 4.37. The number of benzene rings is 2. The predicted molar refractivity (Wildman–Crippen MR) is 128 cm³/mol. The lowest BCUT2D eigenvalue weighted by Crippen LogP contribution is -2.53. The molecule has 5 nitrogen and oxygen atoms in total. The smallest absolute Gasteiger partial charge is 0.261 e. The molecule has 3 rings (SSSR count). The summed E-state index contributed by atoms with van der Waals surface area (Å²) in [6.07, 6.45) is 5.63. The quantitative estimate of drug-likeness (QED) is 0.593. The summed E-state index contributed by atoms with van der Waals surface area (Å²) in [4.78, 5) is 28.1. The molecular formula is C27H36N2O3. The number of hydrogen-bond donors (Lipinski definition) is 1. The third kappa shape index (κ3) is 6.35. The van der Waals surface area contributed by atoms with E-state index in [2.05, 4.69) is 17.4 Å².